The van der Waals surface area contributed by atoms with Crippen LogP contribution in [-0.4, -0.2) is 32.4 Å². The third kappa shape index (κ3) is 5.98. The van der Waals surface area contributed by atoms with Gasteiger partial charge in [-0.25, -0.2) is 9.59 Å². The first-order chi connectivity index (χ1) is 13.1. The van der Waals surface area contributed by atoms with Crippen LogP contribution in [0.1, 0.15) is 34.1 Å². The fourth-order valence-electron chi connectivity index (χ4n) is 1.90. The van der Waals surface area contributed by atoms with Gasteiger partial charge in [-0.15, -0.1) is 9.78 Å². The maximum absolute atomic E-state index is 11.9. The van der Waals surface area contributed by atoms with Crippen molar-refractivity contribution in [1.82, 2.24) is 0 Å². The molecular formula is C19H20O8. The molecule has 27 heavy (non-hydrogen) atoms. The number of ether oxygens (including phenoxy) is 2. The summed E-state index contributed by atoms with van der Waals surface area (Å²) >= 11 is 0. The Morgan fingerprint density at radius 1 is 0.741 bits per heavy atom. The molecule has 2 aromatic carbocycles. The molecule has 144 valence electrons. The van der Waals surface area contributed by atoms with Gasteiger partial charge in [0.2, 0.25) is 6.29 Å². The Labute approximate surface area is 156 Å². The number of methoxy groups -OCH3 is 2. The number of hydrogen-bond donors (Lipinski definition) is 0. The van der Waals surface area contributed by atoms with Gasteiger partial charge in [-0.3, -0.25) is 9.78 Å². The molecule has 0 heterocycles. The van der Waals surface area contributed by atoms with Gasteiger partial charge in [-0.2, -0.15) is 0 Å². The molecule has 0 bridgehead atoms. The van der Waals surface area contributed by atoms with Gasteiger partial charge in [0.25, 0.3) is 0 Å². The van der Waals surface area contributed by atoms with E-state index in [1.54, 1.807) is 31.2 Å². The largest absolute Gasteiger partial charge is 0.497 e. The zero-order valence-electron chi connectivity index (χ0n) is 15.2. The van der Waals surface area contributed by atoms with Crippen LogP contribution in [0.15, 0.2) is 48.5 Å². The quantitative estimate of drug-likeness (QED) is 0.374. The van der Waals surface area contributed by atoms with Gasteiger partial charge in [0.15, 0.2) is 0 Å². The summed E-state index contributed by atoms with van der Waals surface area (Å²) in [4.78, 5) is 43.0. The second kappa shape index (κ2) is 10.1. The van der Waals surface area contributed by atoms with Crippen molar-refractivity contribution in [3.63, 3.8) is 0 Å². The van der Waals surface area contributed by atoms with E-state index in [1.165, 1.54) is 38.5 Å². The highest BCUT2D eigenvalue weighted by Crippen LogP contribution is 2.14. The molecule has 2 rings (SSSR count). The minimum Gasteiger partial charge on any atom is -0.497 e. The van der Waals surface area contributed by atoms with Crippen molar-refractivity contribution in [2.24, 2.45) is 0 Å². The lowest BCUT2D eigenvalue weighted by molar-refractivity contribution is -0.420. The summed E-state index contributed by atoms with van der Waals surface area (Å²) in [7, 11) is 3.04. The van der Waals surface area contributed by atoms with E-state index in [0.717, 1.165) is 0 Å². The van der Waals surface area contributed by atoms with Crippen LogP contribution in [-0.2, 0) is 19.6 Å². The second-order valence-electron chi connectivity index (χ2n) is 5.23. The Hall–Kier alpha value is -3.10. The fraction of sp³-hybridized carbons (Fsp3) is 0.263. The van der Waals surface area contributed by atoms with Crippen LogP contribution in [0.3, 0.4) is 0 Å². The van der Waals surface area contributed by atoms with E-state index in [0.29, 0.717) is 11.5 Å². The highest BCUT2D eigenvalue weighted by Gasteiger charge is 2.18. The Morgan fingerprint density at radius 3 is 1.41 bits per heavy atom. The predicted octanol–water partition coefficient (Wildman–Crippen LogP) is 3.32. The van der Waals surface area contributed by atoms with Gasteiger partial charge in [-0.1, -0.05) is 6.92 Å². The van der Waals surface area contributed by atoms with E-state index >= 15 is 0 Å². The molecule has 0 saturated carbocycles. The maximum atomic E-state index is 11.9. The zero-order chi connectivity index (χ0) is 19.6. The summed E-state index contributed by atoms with van der Waals surface area (Å²) in [5, 5.41) is 0. The summed E-state index contributed by atoms with van der Waals surface area (Å²) in [6.45, 7) is 1.70. The monoisotopic (exact) mass is 376 g/mol. The molecule has 0 radical (unpaired) electrons. The Bertz CT molecular complexity index is 676. The van der Waals surface area contributed by atoms with E-state index in [-0.39, 0.29) is 17.5 Å². The van der Waals surface area contributed by atoms with Crippen LogP contribution < -0.4 is 9.47 Å². The highest BCUT2D eigenvalue weighted by atomic mass is 17.3. The molecule has 0 aliphatic carbocycles. The number of carbonyl (C=O) groups excluding carboxylic acids is 2. The molecular weight excluding hydrogens is 356 g/mol. The Balaban J connectivity index is 1.81. The molecule has 0 N–H and O–H groups in total. The topological polar surface area (TPSA) is 89.5 Å². The fourth-order valence-corrected chi connectivity index (χ4v) is 1.90. The number of benzene rings is 2. The first-order valence-corrected chi connectivity index (χ1v) is 8.10. The molecule has 8 heteroatoms. The normalized spacial score (nSPS) is 10.4. The Kier molecular flexibility index (Phi) is 7.60. The van der Waals surface area contributed by atoms with Crippen molar-refractivity contribution in [2.75, 3.05) is 14.2 Å². The average molecular weight is 376 g/mol. The molecule has 8 nitrogen and oxygen atoms in total. The molecule has 0 fully saturated rings. The lowest BCUT2D eigenvalue weighted by Crippen LogP contribution is -2.21. The second-order valence-corrected chi connectivity index (χ2v) is 5.23. The van der Waals surface area contributed by atoms with Crippen LogP contribution in [0.4, 0.5) is 0 Å². The minimum absolute atomic E-state index is 0.265. The molecule has 0 unspecified atom stereocenters. The average Bonchev–Trinajstić information content (AvgIpc) is 2.73. The van der Waals surface area contributed by atoms with Gasteiger partial charge >= 0.3 is 11.9 Å². The van der Waals surface area contributed by atoms with Crippen LogP contribution in [0, 0.1) is 0 Å². The summed E-state index contributed by atoms with van der Waals surface area (Å²) < 4.78 is 10.0. The molecule has 2 aromatic rings. The lowest BCUT2D eigenvalue weighted by Gasteiger charge is -2.13. The first-order valence-electron chi connectivity index (χ1n) is 8.10. The molecule has 0 amide bonds. The van der Waals surface area contributed by atoms with Gasteiger partial charge < -0.3 is 9.47 Å². The molecule has 0 atom stereocenters. The minimum atomic E-state index is -1.07. The number of hydrogen-bond acceptors (Lipinski definition) is 8. The summed E-state index contributed by atoms with van der Waals surface area (Å²) in [6, 6.07) is 12.5. The lowest BCUT2D eigenvalue weighted by atomic mass is 10.2. The molecule has 0 aliphatic rings. The SMILES string of the molecule is CCC(OOC(=O)c1ccc(OC)cc1)OOC(=O)c1ccc(OC)cc1. The van der Waals surface area contributed by atoms with E-state index in [9.17, 15) is 9.59 Å². The number of carbonyl (C=O) groups is 2. The maximum Gasteiger partial charge on any atom is 0.373 e. The first kappa shape index (κ1) is 20.2. The summed E-state index contributed by atoms with van der Waals surface area (Å²) in [5.41, 5.74) is 0.529. The van der Waals surface area contributed by atoms with E-state index in [4.69, 9.17) is 29.0 Å². The van der Waals surface area contributed by atoms with Gasteiger partial charge in [0.1, 0.15) is 11.5 Å². The van der Waals surface area contributed by atoms with Gasteiger partial charge in [0.05, 0.1) is 25.3 Å². The van der Waals surface area contributed by atoms with Crippen LogP contribution >= 0.6 is 0 Å². The van der Waals surface area contributed by atoms with E-state index < -0.39 is 18.2 Å². The van der Waals surface area contributed by atoms with Crippen LogP contribution in [0.2, 0.25) is 0 Å². The Morgan fingerprint density at radius 2 is 1.11 bits per heavy atom. The smallest absolute Gasteiger partial charge is 0.373 e. The van der Waals surface area contributed by atoms with Crippen molar-refractivity contribution in [3.8, 4) is 11.5 Å². The molecule has 0 aliphatic heterocycles. The summed E-state index contributed by atoms with van der Waals surface area (Å²) in [6.07, 6.45) is -0.805. The third-order valence-corrected chi connectivity index (χ3v) is 3.45. The molecule has 0 saturated heterocycles. The van der Waals surface area contributed by atoms with Crippen LogP contribution in [0.5, 0.6) is 11.5 Å². The number of rotatable bonds is 9. The van der Waals surface area contributed by atoms with Crippen molar-refractivity contribution in [3.05, 3.63) is 59.7 Å². The van der Waals surface area contributed by atoms with Crippen molar-refractivity contribution in [2.45, 2.75) is 19.6 Å². The third-order valence-electron chi connectivity index (χ3n) is 3.45. The summed E-state index contributed by atoms with van der Waals surface area (Å²) in [5.74, 6) is -0.234. The highest BCUT2D eigenvalue weighted by molar-refractivity contribution is 5.89. The molecule has 0 aromatic heterocycles. The van der Waals surface area contributed by atoms with E-state index in [1.807, 2.05) is 0 Å². The predicted molar refractivity (Wildman–Crippen MR) is 93.1 cm³/mol. The van der Waals surface area contributed by atoms with Crippen LogP contribution in [0.25, 0.3) is 0 Å². The van der Waals surface area contributed by atoms with Gasteiger partial charge in [0, 0.05) is 6.42 Å². The van der Waals surface area contributed by atoms with Crippen molar-refractivity contribution >= 4 is 11.9 Å². The molecule has 0 spiro atoms. The standard InChI is InChI=1S/C19H20O8/c1-4-17(24-26-18(20)13-5-9-15(22-2)10-6-13)25-27-19(21)14-7-11-16(23-3)12-8-14/h5-12,17H,4H2,1-3H3. The zero-order valence-corrected chi connectivity index (χ0v) is 15.2. The van der Waals surface area contributed by atoms with Crippen molar-refractivity contribution in [1.29, 1.82) is 0 Å². The van der Waals surface area contributed by atoms with Gasteiger partial charge in [-0.05, 0) is 48.5 Å². The van der Waals surface area contributed by atoms with E-state index in [2.05, 4.69) is 0 Å². The van der Waals surface area contributed by atoms with Crippen molar-refractivity contribution < 1.29 is 38.6 Å².